The third-order valence-corrected chi connectivity index (χ3v) is 7.59. The predicted octanol–water partition coefficient (Wildman–Crippen LogP) is 5.10. The van der Waals surface area contributed by atoms with Gasteiger partial charge in [0.2, 0.25) is 11.5 Å². The van der Waals surface area contributed by atoms with Crippen LogP contribution in [0.3, 0.4) is 0 Å². The Labute approximate surface area is 225 Å². The molecule has 4 heterocycles. The summed E-state index contributed by atoms with van der Waals surface area (Å²) >= 11 is 0. The topological polar surface area (TPSA) is 92.0 Å². The van der Waals surface area contributed by atoms with Crippen LogP contribution in [0.1, 0.15) is 73.2 Å². The first kappa shape index (κ1) is 27.3. The predicted molar refractivity (Wildman–Crippen MR) is 137 cm³/mol. The average Bonchev–Trinajstić information content (AvgIpc) is 3.55. The number of carbonyl (C=O) groups excluding carboxylic acids is 2. The highest BCUT2D eigenvalue weighted by Gasteiger charge is 2.41. The Morgan fingerprint density at radius 2 is 1.67 bits per heavy atom. The summed E-state index contributed by atoms with van der Waals surface area (Å²) in [6, 6.07) is 3.28. The number of hydrogen-bond donors (Lipinski definition) is 0. The number of aromatic nitrogens is 2. The lowest BCUT2D eigenvalue weighted by Gasteiger charge is -2.24. The lowest BCUT2D eigenvalue weighted by Crippen LogP contribution is -2.37. The van der Waals surface area contributed by atoms with Gasteiger partial charge in [-0.05, 0) is 63.0 Å². The van der Waals surface area contributed by atoms with E-state index in [1.54, 1.807) is 21.9 Å². The largest absolute Gasteiger partial charge is 0.446 e. The normalized spacial score (nSPS) is 19.3. The van der Waals surface area contributed by atoms with Crippen molar-refractivity contribution in [2.45, 2.75) is 70.1 Å². The summed E-state index contributed by atoms with van der Waals surface area (Å²) in [6.07, 6.45) is 3.66. The van der Waals surface area contributed by atoms with Gasteiger partial charge >= 0.3 is 12.3 Å². The smallest absolute Gasteiger partial charge is 0.437 e. The quantitative estimate of drug-likeness (QED) is 0.460. The minimum atomic E-state index is -4.80. The Kier molecular flexibility index (Phi) is 8.27. The molecule has 212 valence electrons. The van der Waals surface area contributed by atoms with Crippen LogP contribution in [0.4, 0.5) is 29.8 Å². The van der Waals surface area contributed by atoms with E-state index in [1.807, 2.05) is 0 Å². The molecule has 2 saturated heterocycles. The van der Waals surface area contributed by atoms with E-state index < -0.39 is 23.4 Å². The van der Waals surface area contributed by atoms with Gasteiger partial charge in [0.25, 0.3) is 6.01 Å². The summed E-state index contributed by atoms with van der Waals surface area (Å²) in [6.45, 7) is 3.49. The zero-order chi connectivity index (χ0) is 27.4. The second-order valence-corrected chi connectivity index (χ2v) is 10.5. The number of pyridine rings is 1. The van der Waals surface area contributed by atoms with Crippen molar-refractivity contribution in [3.05, 3.63) is 35.3 Å². The van der Waals surface area contributed by atoms with E-state index in [4.69, 9.17) is 9.15 Å². The van der Waals surface area contributed by atoms with Crippen molar-refractivity contribution in [3.63, 3.8) is 0 Å². The molecular formula is C27H34F3N5O4. The number of ether oxygens (including phenoxy) is 1. The molecule has 2 aliphatic heterocycles. The molecule has 1 aliphatic carbocycles. The van der Waals surface area contributed by atoms with Gasteiger partial charge in [-0.3, -0.25) is 4.79 Å². The van der Waals surface area contributed by atoms with Crippen LogP contribution >= 0.6 is 0 Å². The first-order valence-electron chi connectivity index (χ1n) is 13.8. The van der Waals surface area contributed by atoms with Gasteiger partial charge in [-0.1, -0.05) is 6.07 Å². The van der Waals surface area contributed by atoms with Gasteiger partial charge in [-0.15, -0.1) is 0 Å². The molecule has 0 unspecified atom stereocenters. The molecular weight excluding hydrogens is 515 g/mol. The highest BCUT2D eigenvalue weighted by Crippen LogP contribution is 2.35. The van der Waals surface area contributed by atoms with Crippen LogP contribution in [-0.4, -0.2) is 72.1 Å². The average molecular weight is 550 g/mol. The van der Waals surface area contributed by atoms with Gasteiger partial charge < -0.3 is 23.9 Å². The minimum absolute atomic E-state index is 0.0225. The molecule has 0 radical (unpaired) electrons. The molecule has 1 amide bonds. The number of rotatable bonds is 6. The molecule has 5 rings (SSSR count). The van der Waals surface area contributed by atoms with E-state index in [-0.39, 0.29) is 24.6 Å². The van der Waals surface area contributed by atoms with Gasteiger partial charge in [-0.2, -0.15) is 18.2 Å². The van der Waals surface area contributed by atoms with Crippen molar-refractivity contribution in [2.24, 2.45) is 0 Å². The lowest BCUT2D eigenvalue weighted by molar-refractivity contribution is -0.141. The Bertz CT molecular complexity index is 1140. The van der Waals surface area contributed by atoms with E-state index in [9.17, 15) is 22.8 Å². The van der Waals surface area contributed by atoms with Crippen LogP contribution in [0.5, 0.6) is 0 Å². The van der Waals surface area contributed by atoms with Gasteiger partial charge in [0.1, 0.15) is 11.9 Å². The number of amides is 1. The summed E-state index contributed by atoms with van der Waals surface area (Å²) < 4.78 is 52.0. The number of nitrogens with zero attached hydrogens (tertiary/aromatic N) is 5. The third-order valence-electron chi connectivity index (χ3n) is 7.59. The van der Waals surface area contributed by atoms with Crippen molar-refractivity contribution in [3.8, 4) is 0 Å². The van der Waals surface area contributed by atoms with Crippen molar-refractivity contribution >= 4 is 23.7 Å². The maximum atomic E-state index is 13.7. The molecule has 2 aromatic heterocycles. The molecule has 0 N–H and O–H groups in total. The Morgan fingerprint density at radius 1 is 0.923 bits per heavy atom. The molecule has 0 spiro atoms. The van der Waals surface area contributed by atoms with E-state index in [1.165, 1.54) is 6.20 Å². The molecule has 1 saturated carbocycles. The molecule has 0 aromatic carbocycles. The van der Waals surface area contributed by atoms with Crippen molar-refractivity contribution < 1.29 is 31.9 Å². The highest BCUT2D eigenvalue weighted by molar-refractivity contribution is 5.96. The minimum Gasteiger partial charge on any atom is -0.446 e. The molecule has 3 fully saturated rings. The van der Waals surface area contributed by atoms with Gasteiger partial charge in [0.15, 0.2) is 5.69 Å². The van der Waals surface area contributed by atoms with E-state index >= 15 is 0 Å². The molecule has 3 aliphatic rings. The second kappa shape index (κ2) is 11.8. The molecule has 2 aromatic rings. The maximum Gasteiger partial charge on any atom is 0.437 e. The molecule has 0 bridgehead atoms. The van der Waals surface area contributed by atoms with E-state index in [0.717, 1.165) is 51.4 Å². The summed E-state index contributed by atoms with van der Waals surface area (Å²) in [5.41, 5.74) is -0.803. The number of piperidine rings is 1. The van der Waals surface area contributed by atoms with Gasteiger partial charge in [-0.25, -0.2) is 9.78 Å². The zero-order valence-corrected chi connectivity index (χ0v) is 21.9. The third kappa shape index (κ3) is 6.65. The van der Waals surface area contributed by atoms with Crippen LogP contribution in [0.15, 0.2) is 22.7 Å². The maximum absolute atomic E-state index is 13.7. The van der Waals surface area contributed by atoms with E-state index in [0.29, 0.717) is 50.6 Å². The second-order valence-electron chi connectivity index (χ2n) is 10.5. The summed E-state index contributed by atoms with van der Waals surface area (Å²) in [5.74, 6) is -0.872. The SMILES string of the molecule is O=C(Cc1ccc(N2CCCN(C(=O)OC3CCCC3)CC2)nc1)c1oc(N2CCCCC2)nc1C(F)(F)F. The Morgan fingerprint density at radius 3 is 2.36 bits per heavy atom. The number of carbonyl (C=O) groups is 2. The Hall–Kier alpha value is -3.31. The van der Waals surface area contributed by atoms with Gasteiger partial charge in [0.05, 0.1) is 0 Å². The highest BCUT2D eigenvalue weighted by atomic mass is 19.4. The van der Waals surface area contributed by atoms with Crippen molar-refractivity contribution in [2.75, 3.05) is 49.1 Å². The summed E-state index contributed by atoms with van der Waals surface area (Å²) in [4.78, 5) is 39.0. The monoisotopic (exact) mass is 549 g/mol. The molecule has 0 atom stereocenters. The van der Waals surface area contributed by atoms with Crippen LogP contribution < -0.4 is 9.80 Å². The first-order chi connectivity index (χ1) is 18.8. The van der Waals surface area contributed by atoms with Crippen LogP contribution in [0.25, 0.3) is 0 Å². The number of alkyl halides is 3. The van der Waals surface area contributed by atoms with Crippen LogP contribution in [0.2, 0.25) is 0 Å². The lowest BCUT2D eigenvalue weighted by atomic mass is 10.1. The van der Waals surface area contributed by atoms with E-state index in [2.05, 4.69) is 14.9 Å². The molecule has 12 heteroatoms. The number of anilines is 2. The van der Waals surface area contributed by atoms with Crippen molar-refractivity contribution in [1.82, 2.24) is 14.9 Å². The number of oxazole rings is 1. The fourth-order valence-electron chi connectivity index (χ4n) is 5.44. The van der Waals surface area contributed by atoms with Crippen LogP contribution in [-0.2, 0) is 17.3 Å². The molecule has 9 nitrogen and oxygen atoms in total. The first-order valence-corrected chi connectivity index (χ1v) is 13.8. The van der Waals surface area contributed by atoms with Crippen LogP contribution in [0, 0.1) is 0 Å². The number of ketones is 1. The number of hydrogen-bond acceptors (Lipinski definition) is 8. The number of Topliss-reactive ketones (excluding diaryl/α,β-unsaturated/α-hetero) is 1. The standard InChI is InChI=1S/C27H34F3N5O4/c28-27(29,30)24-23(39-25(32-24)34-11-4-1-5-12-34)21(36)17-19-9-10-22(31-18-19)33-13-6-14-35(16-15-33)26(37)38-20-7-2-3-8-20/h9-10,18,20H,1-8,11-17H2. The Balaban J connectivity index is 1.20. The fourth-order valence-corrected chi connectivity index (χ4v) is 5.44. The number of halogens is 3. The summed E-state index contributed by atoms with van der Waals surface area (Å²) in [7, 11) is 0. The fraction of sp³-hybridized carbons (Fsp3) is 0.630. The zero-order valence-electron chi connectivity index (χ0n) is 21.9. The van der Waals surface area contributed by atoms with Gasteiger partial charge in [0, 0.05) is 51.9 Å². The molecule has 39 heavy (non-hydrogen) atoms. The van der Waals surface area contributed by atoms with Crippen molar-refractivity contribution in [1.29, 1.82) is 0 Å². The summed E-state index contributed by atoms with van der Waals surface area (Å²) in [5, 5.41) is 0.